The Hall–Kier alpha value is -1.59. The van der Waals surface area contributed by atoms with E-state index in [0.29, 0.717) is 17.4 Å². The molecule has 1 fully saturated rings. The van der Waals surface area contributed by atoms with E-state index in [1.54, 1.807) is 12.1 Å². The molecule has 1 N–H and O–H groups in total. The van der Waals surface area contributed by atoms with Gasteiger partial charge in [-0.15, -0.1) is 0 Å². The van der Waals surface area contributed by atoms with E-state index in [4.69, 9.17) is 4.74 Å². The smallest absolute Gasteiger partial charge is 0.240 e. The van der Waals surface area contributed by atoms with E-state index in [2.05, 4.69) is 11.6 Å². The largest absolute Gasteiger partial charge is 0.494 e. The molecule has 0 aliphatic heterocycles. The summed E-state index contributed by atoms with van der Waals surface area (Å²) >= 11 is 0. The molecule has 0 radical (unpaired) electrons. The van der Waals surface area contributed by atoms with Crippen molar-refractivity contribution in [2.75, 3.05) is 6.61 Å². The Morgan fingerprint density at radius 2 is 1.79 bits per heavy atom. The van der Waals surface area contributed by atoms with Crippen LogP contribution in [0.2, 0.25) is 0 Å². The molecule has 0 saturated heterocycles. The number of hydrogen-bond acceptors (Lipinski definition) is 3. The van der Waals surface area contributed by atoms with Gasteiger partial charge in [-0.05, 0) is 60.7 Å². The van der Waals surface area contributed by atoms with E-state index in [9.17, 15) is 8.42 Å². The first-order valence-corrected chi connectivity index (χ1v) is 10.2. The SMILES string of the molecule is CCOc1ccc2cc(S(=O)(=O)N[C@H]3CCCC[C@H]3C)ccc2c1. The van der Waals surface area contributed by atoms with Gasteiger partial charge in [0, 0.05) is 6.04 Å². The second-order valence-electron chi connectivity index (χ2n) is 6.59. The third-order valence-electron chi connectivity index (χ3n) is 4.82. The van der Waals surface area contributed by atoms with Crippen LogP contribution in [-0.4, -0.2) is 21.1 Å². The Kier molecular flexibility index (Phi) is 5.11. The zero-order chi connectivity index (χ0) is 17.2. The average Bonchev–Trinajstić information content (AvgIpc) is 2.56. The van der Waals surface area contributed by atoms with Crippen LogP contribution in [0.1, 0.15) is 39.5 Å². The van der Waals surface area contributed by atoms with Crippen molar-refractivity contribution >= 4 is 20.8 Å². The van der Waals surface area contributed by atoms with Crippen molar-refractivity contribution < 1.29 is 13.2 Å². The summed E-state index contributed by atoms with van der Waals surface area (Å²) in [6.07, 6.45) is 4.30. The van der Waals surface area contributed by atoms with Gasteiger partial charge in [0.15, 0.2) is 0 Å². The Balaban J connectivity index is 1.86. The molecular weight excluding hydrogens is 322 g/mol. The van der Waals surface area contributed by atoms with Crippen LogP contribution in [0.15, 0.2) is 41.3 Å². The van der Waals surface area contributed by atoms with Crippen molar-refractivity contribution in [3.05, 3.63) is 36.4 Å². The molecule has 0 bridgehead atoms. The topological polar surface area (TPSA) is 55.4 Å². The molecule has 1 saturated carbocycles. The molecule has 0 spiro atoms. The Morgan fingerprint density at radius 3 is 2.54 bits per heavy atom. The second-order valence-corrected chi connectivity index (χ2v) is 8.31. The minimum atomic E-state index is -3.49. The number of hydrogen-bond donors (Lipinski definition) is 1. The number of ether oxygens (including phenoxy) is 1. The molecule has 0 heterocycles. The number of sulfonamides is 1. The first-order valence-electron chi connectivity index (χ1n) is 8.68. The molecule has 0 amide bonds. The summed E-state index contributed by atoms with van der Waals surface area (Å²) in [5, 5.41) is 1.88. The fourth-order valence-corrected chi connectivity index (χ4v) is 4.80. The summed E-state index contributed by atoms with van der Waals surface area (Å²) in [6, 6.07) is 11.0. The molecule has 2 atom stereocenters. The Labute approximate surface area is 144 Å². The molecule has 24 heavy (non-hydrogen) atoms. The normalized spacial score (nSPS) is 21.8. The van der Waals surface area contributed by atoms with Crippen LogP contribution in [0.4, 0.5) is 0 Å². The third-order valence-corrected chi connectivity index (χ3v) is 6.31. The number of rotatable bonds is 5. The summed E-state index contributed by atoms with van der Waals surface area (Å²) in [5.41, 5.74) is 0. The summed E-state index contributed by atoms with van der Waals surface area (Å²) in [7, 11) is -3.49. The van der Waals surface area contributed by atoms with Crippen LogP contribution in [0, 0.1) is 5.92 Å². The van der Waals surface area contributed by atoms with Gasteiger partial charge < -0.3 is 4.74 Å². The minimum absolute atomic E-state index is 0.0415. The summed E-state index contributed by atoms with van der Waals surface area (Å²) in [6.45, 7) is 4.68. The number of nitrogens with one attached hydrogen (secondary N) is 1. The van der Waals surface area contributed by atoms with Crippen LogP contribution in [0.5, 0.6) is 5.75 Å². The van der Waals surface area contributed by atoms with Gasteiger partial charge in [-0.2, -0.15) is 0 Å². The van der Waals surface area contributed by atoms with Gasteiger partial charge in [0.2, 0.25) is 10.0 Å². The summed E-state index contributed by atoms with van der Waals surface area (Å²) in [5.74, 6) is 1.19. The van der Waals surface area contributed by atoms with E-state index in [1.807, 2.05) is 31.2 Å². The van der Waals surface area contributed by atoms with Gasteiger partial charge in [-0.3, -0.25) is 0 Å². The lowest BCUT2D eigenvalue weighted by atomic mass is 9.87. The van der Waals surface area contributed by atoms with Gasteiger partial charge in [0.1, 0.15) is 5.75 Å². The zero-order valence-electron chi connectivity index (χ0n) is 14.3. The van der Waals surface area contributed by atoms with Gasteiger partial charge in [-0.1, -0.05) is 31.9 Å². The molecule has 4 nitrogen and oxygen atoms in total. The lowest BCUT2D eigenvalue weighted by Crippen LogP contribution is -2.40. The maximum atomic E-state index is 12.7. The predicted molar refractivity (Wildman–Crippen MR) is 96.9 cm³/mol. The highest BCUT2D eigenvalue weighted by atomic mass is 32.2. The van der Waals surface area contributed by atoms with Crippen molar-refractivity contribution in [1.29, 1.82) is 0 Å². The van der Waals surface area contributed by atoms with Crippen molar-refractivity contribution in [1.82, 2.24) is 4.72 Å². The maximum absolute atomic E-state index is 12.7. The van der Waals surface area contributed by atoms with Crippen molar-refractivity contribution in [3.8, 4) is 5.75 Å². The van der Waals surface area contributed by atoms with Crippen LogP contribution in [0.25, 0.3) is 10.8 Å². The lowest BCUT2D eigenvalue weighted by Gasteiger charge is -2.29. The highest BCUT2D eigenvalue weighted by Gasteiger charge is 2.26. The quantitative estimate of drug-likeness (QED) is 0.886. The fourth-order valence-electron chi connectivity index (χ4n) is 3.38. The molecule has 2 aromatic carbocycles. The Bertz CT molecular complexity index is 816. The molecule has 0 aromatic heterocycles. The van der Waals surface area contributed by atoms with E-state index < -0.39 is 10.0 Å². The second kappa shape index (κ2) is 7.11. The summed E-state index contributed by atoms with van der Waals surface area (Å²) in [4.78, 5) is 0.330. The standard InChI is InChI=1S/C19H25NO3S/c1-3-23-17-10-8-16-13-18(11-9-15(16)12-17)24(21,22)20-19-7-5-4-6-14(19)2/h8-14,19-20H,3-7H2,1-2H3/t14-,19+/m1/s1. The van der Waals surface area contributed by atoms with Crippen LogP contribution < -0.4 is 9.46 Å². The molecule has 3 rings (SSSR count). The third kappa shape index (κ3) is 3.73. The molecular formula is C19H25NO3S. The van der Waals surface area contributed by atoms with Gasteiger partial charge >= 0.3 is 0 Å². The highest BCUT2D eigenvalue weighted by Crippen LogP contribution is 2.27. The molecule has 1 aliphatic carbocycles. The van der Waals surface area contributed by atoms with E-state index >= 15 is 0 Å². The summed E-state index contributed by atoms with van der Waals surface area (Å²) < 4.78 is 33.8. The fraction of sp³-hybridized carbons (Fsp3) is 0.474. The Morgan fingerprint density at radius 1 is 1.08 bits per heavy atom. The number of benzene rings is 2. The first kappa shape index (κ1) is 17.2. The molecule has 2 aromatic rings. The van der Waals surface area contributed by atoms with Crippen molar-refractivity contribution in [3.63, 3.8) is 0 Å². The van der Waals surface area contributed by atoms with E-state index in [0.717, 1.165) is 35.8 Å². The average molecular weight is 347 g/mol. The van der Waals surface area contributed by atoms with E-state index in [-0.39, 0.29) is 6.04 Å². The minimum Gasteiger partial charge on any atom is -0.494 e. The van der Waals surface area contributed by atoms with Crippen molar-refractivity contribution in [2.45, 2.75) is 50.5 Å². The van der Waals surface area contributed by atoms with Crippen molar-refractivity contribution in [2.24, 2.45) is 5.92 Å². The molecule has 1 aliphatic rings. The van der Waals surface area contributed by atoms with Crippen LogP contribution in [-0.2, 0) is 10.0 Å². The first-order chi connectivity index (χ1) is 11.5. The van der Waals surface area contributed by atoms with Gasteiger partial charge in [0.25, 0.3) is 0 Å². The number of fused-ring (bicyclic) bond motifs is 1. The molecule has 5 heteroatoms. The van der Waals surface area contributed by atoms with E-state index in [1.165, 1.54) is 6.42 Å². The highest BCUT2D eigenvalue weighted by molar-refractivity contribution is 7.89. The van der Waals surface area contributed by atoms with Crippen LogP contribution >= 0.6 is 0 Å². The monoisotopic (exact) mass is 347 g/mol. The van der Waals surface area contributed by atoms with Gasteiger partial charge in [-0.25, -0.2) is 13.1 Å². The molecule has 0 unspecified atom stereocenters. The predicted octanol–water partition coefficient (Wildman–Crippen LogP) is 4.10. The zero-order valence-corrected chi connectivity index (χ0v) is 15.1. The molecule has 130 valence electrons. The van der Waals surface area contributed by atoms with Crippen LogP contribution in [0.3, 0.4) is 0 Å². The lowest BCUT2D eigenvalue weighted by molar-refractivity contribution is 0.310. The maximum Gasteiger partial charge on any atom is 0.240 e. The van der Waals surface area contributed by atoms with Gasteiger partial charge in [0.05, 0.1) is 11.5 Å².